The average molecular weight is 349 g/mol. The predicted octanol–water partition coefficient (Wildman–Crippen LogP) is 2.15. The molecule has 0 fully saturated rings. The normalized spacial score (nSPS) is 11.3. The summed E-state index contributed by atoms with van der Waals surface area (Å²) in [5.41, 5.74) is -0.956. The average Bonchev–Trinajstić information content (AvgIpc) is 2.96. The quantitative estimate of drug-likeness (QED) is 0.812. The van der Waals surface area contributed by atoms with E-state index in [1.54, 1.807) is 18.5 Å². The van der Waals surface area contributed by atoms with Crippen molar-refractivity contribution in [3.8, 4) is 5.88 Å². The van der Waals surface area contributed by atoms with Gasteiger partial charge in [0.15, 0.2) is 0 Å². The van der Waals surface area contributed by atoms with Crippen LogP contribution in [0, 0.1) is 0 Å². The molecule has 0 radical (unpaired) electrons. The highest BCUT2D eigenvalue weighted by Crippen LogP contribution is 2.32. The molecule has 124 valence electrons. The van der Waals surface area contributed by atoms with Crippen molar-refractivity contribution in [2.45, 2.75) is 12.7 Å². The molecule has 0 aliphatic carbocycles. The minimum Gasteiger partial charge on any atom is -0.475 e. The summed E-state index contributed by atoms with van der Waals surface area (Å²) in [5.74, 6) is -0.398. The van der Waals surface area contributed by atoms with Gasteiger partial charge < -0.3 is 10.1 Å². The number of nitrogens with zero attached hydrogens (tertiary/aromatic N) is 3. The Bertz CT molecular complexity index is 662. The molecule has 2 aromatic rings. The molecular formula is C13H12ClF3N4O2. The van der Waals surface area contributed by atoms with Gasteiger partial charge in [0.05, 0.1) is 12.1 Å². The van der Waals surface area contributed by atoms with Crippen LogP contribution in [-0.4, -0.2) is 33.8 Å². The van der Waals surface area contributed by atoms with E-state index in [1.165, 1.54) is 4.68 Å². The molecule has 2 aromatic heterocycles. The fraction of sp³-hybridized carbons (Fsp3) is 0.308. The molecule has 0 saturated carbocycles. The van der Waals surface area contributed by atoms with Crippen molar-refractivity contribution in [1.82, 2.24) is 20.1 Å². The summed E-state index contributed by atoms with van der Waals surface area (Å²) in [6.07, 6.45) is -0.691. The maximum absolute atomic E-state index is 12.5. The fourth-order valence-corrected chi connectivity index (χ4v) is 1.84. The van der Waals surface area contributed by atoms with E-state index in [0.717, 1.165) is 6.07 Å². The molecule has 1 N–H and O–H groups in total. The monoisotopic (exact) mass is 348 g/mol. The Morgan fingerprint density at radius 2 is 2.22 bits per heavy atom. The molecule has 0 unspecified atom stereocenters. The smallest absolute Gasteiger partial charge is 0.417 e. The lowest BCUT2D eigenvalue weighted by Crippen LogP contribution is -2.31. The third-order valence-corrected chi connectivity index (χ3v) is 2.93. The van der Waals surface area contributed by atoms with Crippen LogP contribution in [0.4, 0.5) is 13.2 Å². The Morgan fingerprint density at radius 3 is 2.83 bits per heavy atom. The maximum Gasteiger partial charge on any atom is 0.417 e. The zero-order valence-corrected chi connectivity index (χ0v) is 12.4. The minimum absolute atomic E-state index is 0.0168. The van der Waals surface area contributed by atoms with Gasteiger partial charge in [-0.3, -0.25) is 9.48 Å². The van der Waals surface area contributed by atoms with Gasteiger partial charge >= 0.3 is 6.18 Å². The number of carbonyl (C=O) groups excluding carboxylic acids is 1. The van der Waals surface area contributed by atoms with Crippen LogP contribution >= 0.6 is 11.6 Å². The number of alkyl halides is 3. The zero-order valence-electron chi connectivity index (χ0n) is 11.7. The zero-order chi connectivity index (χ0) is 16.9. The van der Waals surface area contributed by atoms with Crippen LogP contribution in [0.3, 0.4) is 0 Å². The molecule has 10 heteroatoms. The van der Waals surface area contributed by atoms with Crippen LogP contribution in [0.5, 0.6) is 5.88 Å². The van der Waals surface area contributed by atoms with E-state index in [0.29, 0.717) is 6.20 Å². The molecule has 23 heavy (non-hydrogen) atoms. The van der Waals surface area contributed by atoms with Crippen LogP contribution in [0.15, 0.2) is 30.7 Å². The van der Waals surface area contributed by atoms with E-state index < -0.39 is 11.7 Å². The highest BCUT2D eigenvalue weighted by Gasteiger charge is 2.31. The molecule has 2 rings (SSSR count). The van der Waals surface area contributed by atoms with Gasteiger partial charge in [-0.1, -0.05) is 11.6 Å². The summed E-state index contributed by atoms with van der Waals surface area (Å²) < 4.78 is 44.0. The Hall–Kier alpha value is -2.29. The standard InChI is InChI=1S/C13H12ClF3N4O2/c14-10-6-9(13(15,16)17)7-19-12(10)23-5-3-18-11(22)8-21-4-1-2-20-21/h1-2,4,6-7H,3,5,8H2,(H,18,22). The maximum atomic E-state index is 12.5. The number of pyridine rings is 1. The van der Waals surface area contributed by atoms with Crippen LogP contribution in [0.1, 0.15) is 5.56 Å². The number of carbonyl (C=O) groups is 1. The highest BCUT2D eigenvalue weighted by atomic mass is 35.5. The number of rotatable bonds is 6. The molecule has 0 saturated heterocycles. The predicted molar refractivity (Wildman–Crippen MR) is 75.0 cm³/mol. The van der Waals surface area contributed by atoms with Crippen molar-refractivity contribution in [1.29, 1.82) is 0 Å². The molecule has 0 atom stereocenters. The second-order valence-corrected chi connectivity index (χ2v) is 4.82. The van der Waals surface area contributed by atoms with Crippen LogP contribution in [0.25, 0.3) is 0 Å². The first-order valence-corrected chi connectivity index (χ1v) is 6.84. The van der Waals surface area contributed by atoms with Gasteiger partial charge in [-0.05, 0) is 12.1 Å². The second-order valence-electron chi connectivity index (χ2n) is 4.41. The lowest BCUT2D eigenvalue weighted by molar-refractivity contribution is -0.137. The Morgan fingerprint density at radius 1 is 1.43 bits per heavy atom. The lowest BCUT2D eigenvalue weighted by atomic mass is 10.3. The van der Waals surface area contributed by atoms with E-state index in [9.17, 15) is 18.0 Å². The molecule has 0 aliphatic heterocycles. The molecule has 0 bridgehead atoms. The Labute approximate surface area is 134 Å². The second kappa shape index (κ2) is 7.32. The van der Waals surface area contributed by atoms with Crippen molar-refractivity contribution >= 4 is 17.5 Å². The van der Waals surface area contributed by atoms with Gasteiger partial charge in [0.1, 0.15) is 18.2 Å². The summed E-state index contributed by atoms with van der Waals surface area (Å²) in [6.45, 7) is 0.231. The van der Waals surface area contributed by atoms with Crippen molar-refractivity contribution in [2.75, 3.05) is 13.2 Å². The van der Waals surface area contributed by atoms with Crippen molar-refractivity contribution in [2.24, 2.45) is 0 Å². The topological polar surface area (TPSA) is 69.0 Å². The molecule has 2 heterocycles. The number of ether oxygens (including phenoxy) is 1. The summed E-state index contributed by atoms with van der Waals surface area (Å²) in [7, 11) is 0. The summed E-state index contributed by atoms with van der Waals surface area (Å²) >= 11 is 5.69. The molecule has 0 spiro atoms. The molecular weight excluding hydrogens is 337 g/mol. The molecule has 0 aliphatic rings. The van der Waals surface area contributed by atoms with Crippen molar-refractivity contribution in [3.63, 3.8) is 0 Å². The number of amides is 1. The van der Waals surface area contributed by atoms with E-state index in [1.807, 2.05) is 0 Å². The van der Waals surface area contributed by atoms with Gasteiger partial charge in [-0.25, -0.2) is 4.98 Å². The number of hydrogen-bond donors (Lipinski definition) is 1. The van der Waals surface area contributed by atoms with E-state index in [2.05, 4.69) is 15.4 Å². The fourth-order valence-electron chi connectivity index (χ4n) is 1.62. The molecule has 1 amide bonds. The van der Waals surface area contributed by atoms with Gasteiger partial charge in [-0.15, -0.1) is 0 Å². The first-order chi connectivity index (χ1) is 10.9. The minimum atomic E-state index is -4.52. The van der Waals surface area contributed by atoms with Crippen molar-refractivity contribution < 1.29 is 22.7 Å². The largest absolute Gasteiger partial charge is 0.475 e. The molecule has 0 aromatic carbocycles. The third-order valence-electron chi connectivity index (χ3n) is 2.66. The molecule has 6 nitrogen and oxygen atoms in total. The van der Waals surface area contributed by atoms with Gasteiger partial charge in [0.2, 0.25) is 11.8 Å². The van der Waals surface area contributed by atoms with E-state index in [-0.39, 0.29) is 36.5 Å². The van der Waals surface area contributed by atoms with Crippen LogP contribution < -0.4 is 10.1 Å². The van der Waals surface area contributed by atoms with Crippen molar-refractivity contribution in [3.05, 3.63) is 41.3 Å². The summed E-state index contributed by atoms with van der Waals surface area (Å²) in [6, 6.07) is 2.43. The SMILES string of the molecule is O=C(Cn1cccn1)NCCOc1ncc(C(F)(F)F)cc1Cl. The number of aromatic nitrogens is 3. The Kier molecular flexibility index (Phi) is 5.43. The van der Waals surface area contributed by atoms with Crippen LogP contribution in [-0.2, 0) is 17.5 Å². The Balaban J connectivity index is 1.77. The van der Waals surface area contributed by atoms with Gasteiger partial charge in [0, 0.05) is 18.6 Å². The van der Waals surface area contributed by atoms with Crippen LogP contribution in [0.2, 0.25) is 5.02 Å². The summed E-state index contributed by atoms with van der Waals surface area (Å²) in [4.78, 5) is 15.1. The third kappa shape index (κ3) is 5.13. The first-order valence-electron chi connectivity index (χ1n) is 6.46. The van der Waals surface area contributed by atoms with Gasteiger partial charge in [-0.2, -0.15) is 18.3 Å². The van der Waals surface area contributed by atoms with E-state index in [4.69, 9.17) is 16.3 Å². The van der Waals surface area contributed by atoms with Gasteiger partial charge in [0.25, 0.3) is 0 Å². The number of hydrogen-bond acceptors (Lipinski definition) is 4. The number of nitrogens with one attached hydrogen (secondary N) is 1. The summed E-state index contributed by atoms with van der Waals surface area (Å²) in [5, 5.41) is 6.20. The number of halogens is 4. The highest BCUT2D eigenvalue weighted by molar-refractivity contribution is 6.31. The first kappa shape index (κ1) is 17.1. The van der Waals surface area contributed by atoms with E-state index >= 15 is 0 Å². The lowest BCUT2D eigenvalue weighted by Gasteiger charge is -2.10.